The number of hydrogen-bond acceptors (Lipinski definition) is 4. The average molecular weight is 410 g/mol. The quantitative estimate of drug-likeness (QED) is 0.466. The van der Waals surface area contributed by atoms with Gasteiger partial charge >= 0.3 is 168 Å². The van der Waals surface area contributed by atoms with Gasteiger partial charge in [-0.1, -0.05) is 0 Å². The second kappa shape index (κ2) is 9.09. The van der Waals surface area contributed by atoms with Gasteiger partial charge in [-0.25, -0.2) is 0 Å². The van der Waals surface area contributed by atoms with Crippen LogP contribution in [0, 0.1) is 0 Å². The van der Waals surface area contributed by atoms with Gasteiger partial charge in [0.25, 0.3) is 0 Å². The van der Waals surface area contributed by atoms with Crippen LogP contribution in [0.4, 0.5) is 0 Å². The van der Waals surface area contributed by atoms with Crippen LogP contribution in [-0.4, -0.2) is 11.9 Å². The van der Waals surface area contributed by atoms with Crippen LogP contribution in [-0.2, 0) is 33.6 Å². The Balaban J connectivity index is 1.98. The van der Waals surface area contributed by atoms with Gasteiger partial charge in [-0.15, -0.1) is 0 Å². The van der Waals surface area contributed by atoms with Crippen LogP contribution >= 0.6 is 0 Å². The minimum absolute atomic E-state index is 0.109. The van der Waals surface area contributed by atoms with Crippen LogP contribution in [0.15, 0.2) is 22.3 Å². The maximum absolute atomic E-state index is 12.5. The number of carbonyl (C=O) groups is 2. The van der Waals surface area contributed by atoms with E-state index in [0.717, 1.165) is 38.5 Å². The third-order valence-corrected chi connectivity index (χ3v) is 10.9. The fourth-order valence-corrected chi connectivity index (χ4v) is 10.3. The summed E-state index contributed by atoms with van der Waals surface area (Å²) in [5, 5.41) is 2.01. The van der Waals surface area contributed by atoms with Crippen LogP contribution in [0.3, 0.4) is 0 Å². The number of fused-ring (bicyclic) bond motifs is 1. The van der Waals surface area contributed by atoms with Crippen molar-refractivity contribution in [3.8, 4) is 0 Å². The molecular weight excluding hydrogens is 376 g/mol. The fourth-order valence-electron chi connectivity index (χ4n) is 5.13. The van der Waals surface area contributed by atoms with Crippen molar-refractivity contribution in [2.45, 2.75) is 100 Å². The first-order chi connectivity index (χ1) is 13.0. The van der Waals surface area contributed by atoms with Crippen LogP contribution in [0.5, 0.6) is 0 Å². The molecule has 3 aliphatic rings. The maximum atomic E-state index is 12.5. The van der Waals surface area contributed by atoms with Crippen molar-refractivity contribution in [2.75, 3.05) is 0 Å². The molecule has 0 aromatic carbocycles. The molecule has 0 fully saturated rings. The normalized spacial score (nSPS) is 20.4. The number of hydrogen-bond donors (Lipinski definition) is 0. The van der Waals surface area contributed by atoms with E-state index in [-0.39, 0.29) is 16.2 Å². The van der Waals surface area contributed by atoms with E-state index in [4.69, 9.17) is 6.64 Å². The van der Waals surface area contributed by atoms with Gasteiger partial charge in [0.15, 0.2) is 0 Å². The predicted molar refractivity (Wildman–Crippen MR) is 103 cm³/mol. The molecule has 0 saturated heterocycles. The second-order valence-corrected chi connectivity index (χ2v) is 13.0. The summed E-state index contributed by atoms with van der Waals surface area (Å²) in [4.78, 5) is 25.0. The standard InChI is InChI=1S/C13H17.2C4H8O2.CH3.Ti/c1-3-7-12-10(5-1)9-11-6-2-4-8-13(11)12;2*1-2-3-4(5)6;;/h9H,1-8H2;2*2-3H2,1H3,(H,5,6);1H3;/q;;;;+2/p-2. The Morgan fingerprint density at radius 2 is 1.22 bits per heavy atom. The van der Waals surface area contributed by atoms with Gasteiger partial charge < -0.3 is 0 Å². The zero-order chi connectivity index (χ0) is 19.4. The molecule has 0 N–H and O–H groups in total. The molecule has 0 atom stereocenters. The van der Waals surface area contributed by atoms with Gasteiger partial charge in [-0.05, 0) is 0 Å². The Bertz CT molecular complexity index is 609. The molecule has 4 nitrogen and oxygen atoms in total. The summed E-state index contributed by atoms with van der Waals surface area (Å²) in [6.45, 7) is 3.96. The van der Waals surface area contributed by atoms with E-state index >= 15 is 0 Å². The Morgan fingerprint density at radius 3 is 1.63 bits per heavy atom. The molecule has 0 heterocycles. The Labute approximate surface area is 168 Å². The number of carbonyl (C=O) groups excluding carboxylic acids is 2. The van der Waals surface area contributed by atoms with Crippen molar-refractivity contribution in [1.29, 1.82) is 0 Å². The first-order valence-corrected chi connectivity index (χ1v) is 14.6. The molecule has 0 saturated carbocycles. The monoisotopic (exact) mass is 410 g/mol. The van der Waals surface area contributed by atoms with E-state index in [2.05, 4.69) is 0 Å². The van der Waals surface area contributed by atoms with E-state index in [1.54, 1.807) is 0 Å². The van der Waals surface area contributed by atoms with Crippen LogP contribution in [0.2, 0.25) is 9.45 Å². The van der Waals surface area contributed by atoms with Crippen molar-refractivity contribution < 1.29 is 33.6 Å². The van der Waals surface area contributed by atoms with Gasteiger partial charge in [0.2, 0.25) is 0 Å². The van der Waals surface area contributed by atoms with Crippen molar-refractivity contribution in [3.05, 3.63) is 22.3 Å². The molecule has 0 radical (unpaired) electrons. The van der Waals surface area contributed by atoms with Gasteiger partial charge in [0, 0.05) is 0 Å². The molecule has 0 spiro atoms. The molecule has 0 unspecified atom stereocenters. The van der Waals surface area contributed by atoms with Crippen LogP contribution in [0.1, 0.15) is 90.9 Å². The van der Waals surface area contributed by atoms with Gasteiger partial charge in [0.05, 0.1) is 0 Å². The molecule has 0 bridgehead atoms. The first kappa shape index (κ1) is 20.9. The summed E-state index contributed by atoms with van der Waals surface area (Å²) in [5.41, 5.74) is 6.00. The van der Waals surface area contributed by atoms with Gasteiger partial charge in [0.1, 0.15) is 0 Å². The molecule has 27 heavy (non-hydrogen) atoms. The predicted octanol–water partition coefficient (Wildman–Crippen LogP) is 6.25. The summed E-state index contributed by atoms with van der Waals surface area (Å²) >= 11 is -3.69. The summed E-state index contributed by atoms with van der Waals surface area (Å²) in [7, 11) is 0. The Morgan fingerprint density at radius 1 is 0.815 bits per heavy atom. The number of allylic oxidation sites excluding steroid dienone is 4. The number of rotatable bonds is 7. The SMILES string of the molecule is CCCC(=O)[O][Ti]([CH3])([O]C(=O)CCC)[CH]1C2=C(CCCC2)C2=C1CCCC2. The second-order valence-electron chi connectivity index (χ2n) is 8.32. The average Bonchev–Trinajstić information content (AvgIpc) is 2.97. The van der Waals surface area contributed by atoms with Crippen LogP contribution in [0.25, 0.3) is 0 Å². The summed E-state index contributed by atoms with van der Waals surface area (Å²) < 4.78 is 12.3. The molecule has 0 aromatic heterocycles. The molecule has 0 aliphatic heterocycles. The van der Waals surface area contributed by atoms with Crippen LogP contribution < -0.4 is 0 Å². The van der Waals surface area contributed by atoms with E-state index in [1.807, 2.05) is 19.1 Å². The van der Waals surface area contributed by atoms with Gasteiger partial charge in [-0.2, -0.15) is 0 Å². The van der Waals surface area contributed by atoms with Crippen molar-refractivity contribution in [3.63, 3.8) is 0 Å². The van der Waals surface area contributed by atoms with Crippen molar-refractivity contribution in [2.24, 2.45) is 0 Å². The molecule has 3 aliphatic carbocycles. The van der Waals surface area contributed by atoms with Crippen molar-refractivity contribution >= 4 is 11.9 Å². The summed E-state index contributed by atoms with van der Waals surface area (Å²) in [6, 6.07) is 0. The van der Waals surface area contributed by atoms with Crippen molar-refractivity contribution in [1.82, 2.24) is 0 Å². The van der Waals surface area contributed by atoms with E-state index in [9.17, 15) is 9.59 Å². The van der Waals surface area contributed by atoms with E-state index < -0.39 is 17.4 Å². The molecule has 3 rings (SSSR count). The fraction of sp³-hybridized carbons (Fsp3) is 0.727. The third-order valence-electron chi connectivity index (χ3n) is 6.15. The van der Waals surface area contributed by atoms with Gasteiger partial charge in [-0.3, -0.25) is 0 Å². The topological polar surface area (TPSA) is 52.6 Å². The molecule has 5 heteroatoms. The van der Waals surface area contributed by atoms with E-state index in [0.29, 0.717) is 12.8 Å². The summed E-state index contributed by atoms with van der Waals surface area (Å²) in [5.74, 6) is -0.376. The van der Waals surface area contributed by atoms with E-state index in [1.165, 1.54) is 48.0 Å². The zero-order valence-corrected chi connectivity index (χ0v) is 18.8. The molecule has 0 aromatic rings. The third kappa shape index (κ3) is 4.43. The summed E-state index contributed by atoms with van der Waals surface area (Å²) in [6.07, 6.45) is 11.6. The Kier molecular flexibility index (Phi) is 7.02. The Hall–Kier alpha value is -0.866. The zero-order valence-electron chi connectivity index (χ0n) is 17.2. The minimum atomic E-state index is -3.69. The molecular formula is C22H34O4Ti. The first-order valence-electron chi connectivity index (χ1n) is 10.9. The molecule has 150 valence electrons. The molecule has 0 amide bonds.